The Kier molecular flexibility index (Phi) is 6.85. The number of piperazine rings is 1. The van der Waals surface area contributed by atoms with Gasteiger partial charge in [0, 0.05) is 44.7 Å². The van der Waals surface area contributed by atoms with E-state index in [0.29, 0.717) is 19.6 Å². The van der Waals surface area contributed by atoms with Crippen LogP contribution in [0.1, 0.15) is 24.0 Å². The number of aliphatic hydroxyl groups excluding tert-OH is 1. The Hall–Kier alpha value is -2.37. The lowest BCUT2D eigenvalue weighted by atomic mass is 9.86. The number of hydrogen-bond donors (Lipinski definition) is 2. The molecular weight excluding hydrogens is 338 g/mol. The molecule has 2 N–H and O–H groups in total. The van der Waals surface area contributed by atoms with Crippen molar-refractivity contribution in [1.29, 1.82) is 0 Å². The summed E-state index contributed by atoms with van der Waals surface area (Å²) in [5, 5.41) is 12.3. The maximum absolute atomic E-state index is 12.8. The van der Waals surface area contributed by atoms with Crippen LogP contribution in [0.3, 0.4) is 0 Å². The number of nitrogens with zero attached hydrogens (tertiary/aromatic N) is 2. The molecule has 0 saturated carbocycles. The molecule has 0 aliphatic carbocycles. The molecule has 0 spiro atoms. The first-order chi connectivity index (χ1) is 13.2. The number of carbonyl (C=O) groups excluding carboxylic acids is 1. The largest absolute Gasteiger partial charge is 0.395 e. The van der Waals surface area contributed by atoms with E-state index < -0.39 is 0 Å². The first-order valence-corrected chi connectivity index (χ1v) is 9.67. The molecule has 27 heavy (non-hydrogen) atoms. The molecule has 5 nitrogen and oxygen atoms in total. The van der Waals surface area contributed by atoms with E-state index in [9.17, 15) is 4.79 Å². The minimum Gasteiger partial charge on any atom is -0.395 e. The van der Waals surface area contributed by atoms with Crippen molar-refractivity contribution in [2.24, 2.45) is 0 Å². The molecule has 1 atom stereocenters. The molecule has 1 saturated heterocycles. The van der Waals surface area contributed by atoms with E-state index in [-0.39, 0.29) is 24.6 Å². The third kappa shape index (κ3) is 5.08. The average Bonchev–Trinajstić information content (AvgIpc) is 2.70. The number of amides is 2. The van der Waals surface area contributed by atoms with Crippen LogP contribution in [-0.4, -0.2) is 66.3 Å². The Labute approximate surface area is 161 Å². The van der Waals surface area contributed by atoms with Gasteiger partial charge in [0.15, 0.2) is 0 Å². The van der Waals surface area contributed by atoms with Gasteiger partial charge in [-0.2, -0.15) is 0 Å². The number of nitrogens with one attached hydrogen (secondary N) is 1. The highest BCUT2D eigenvalue weighted by Gasteiger charge is 2.26. The Balaban J connectivity index is 1.68. The fourth-order valence-corrected chi connectivity index (χ4v) is 3.78. The molecule has 2 aromatic carbocycles. The third-order valence-corrected chi connectivity index (χ3v) is 5.24. The van der Waals surface area contributed by atoms with Crippen LogP contribution in [0.25, 0.3) is 0 Å². The van der Waals surface area contributed by atoms with Crippen LogP contribution in [0.5, 0.6) is 0 Å². The van der Waals surface area contributed by atoms with Crippen molar-refractivity contribution in [2.45, 2.75) is 18.9 Å². The maximum atomic E-state index is 12.8. The lowest BCUT2D eigenvalue weighted by Gasteiger charge is -2.36. The topological polar surface area (TPSA) is 55.8 Å². The van der Waals surface area contributed by atoms with E-state index >= 15 is 0 Å². The van der Waals surface area contributed by atoms with E-state index in [2.05, 4.69) is 41.4 Å². The first kappa shape index (κ1) is 19.4. The Morgan fingerprint density at radius 1 is 0.963 bits per heavy atom. The molecule has 1 aliphatic rings. The van der Waals surface area contributed by atoms with Gasteiger partial charge in [0.25, 0.3) is 0 Å². The fraction of sp³-hybridized carbons (Fsp3) is 0.409. The fourth-order valence-electron chi connectivity index (χ4n) is 3.78. The summed E-state index contributed by atoms with van der Waals surface area (Å²) in [6, 6.07) is 20.6. The Morgan fingerprint density at radius 2 is 1.48 bits per heavy atom. The van der Waals surface area contributed by atoms with Gasteiger partial charge >= 0.3 is 6.03 Å². The van der Waals surface area contributed by atoms with Crippen molar-refractivity contribution in [1.82, 2.24) is 15.1 Å². The smallest absolute Gasteiger partial charge is 0.317 e. The van der Waals surface area contributed by atoms with E-state index in [1.54, 1.807) is 0 Å². The molecule has 2 aromatic rings. The molecule has 0 aromatic heterocycles. The lowest BCUT2D eigenvalue weighted by Crippen LogP contribution is -2.54. The Bertz CT molecular complexity index is 661. The van der Waals surface area contributed by atoms with Crippen LogP contribution in [0, 0.1) is 0 Å². The van der Waals surface area contributed by atoms with Crippen LogP contribution >= 0.6 is 0 Å². The first-order valence-electron chi connectivity index (χ1n) is 9.67. The highest BCUT2D eigenvalue weighted by atomic mass is 16.3. The summed E-state index contributed by atoms with van der Waals surface area (Å²) in [6.07, 6.45) is 0. The molecule has 5 heteroatoms. The maximum Gasteiger partial charge on any atom is 0.317 e. The number of aliphatic hydroxyl groups is 1. The van der Waals surface area contributed by atoms with E-state index in [4.69, 9.17) is 5.11 Å². The van der Waals surface area contributed by atoms with Crippen LogP contribution in [-0.2, 0) is 0 Å². The molecule has 3 rings (SSSR count). The predicted octanol–water partition coefficient (Wildman–Crippen LogP) is 2.53. The lowest BCUT2D eigenvalue weighted by molar-refractivity contribution is 0.120. The minimum atomic E-state index is -0.0298. The normalized spacial score (nSPS) is 16.3. The second-order valence-corrected chi connectivity index (χ2v) is 7.09. The second-order valence-electron chi connectivity index (χ2n) is 7.09. The van der Waals surface area contributed by atoms with Crippen molar-refractivity contribution >= 4 is 6.03 Å². The highest BCUT2D eigenvalue weighted by Crippen LogP contribution is 2.28. The van der Waals surface area contributed by atoms with Crippen LogP contribution in [0.15, 0.2) is 60.7 Å². The van der Waals surface area contributed by atoms with E-state index in [0.717, 1.165) is 13.1 Å². The van der Waals surface area contributed by atoms with Crippen LogP contribution in [0.4, 0.5) is 4.79 Å². The average molecular weight is 367 g/mol. The predicted molar refractivity (Wildman–Crippen MR) is 108 cm³/mol. The number of carbonyl (C=O) groups is 1. The number of β-amino-alcohol motifs (C(OH)–C–C–N with tert-alkyl or cyclic N) is 1. The zero-order valence-corrected chi connectivity index (χ0v) is 15.9. The molecular formula is C22H29N3O2. The summed E-state index contributed by atoms with van der Waals surface area (Å²) in [6.45, 7) is 5.92. The quantitative estimate of drug-likeness (QED) is 0.825. The van der Waals surface area contributed by atoms with Gasteiger partial charge in [-0.05, 0) is 18.1 Å². The van der Waals surface area contributed by atoms with Crippen LogP contribution in [0.2, 0.25) is 0 Å². The van der Waals surface area contributed by atoms with Crippen molar-refractivity contribution in [3.63, 3.8) is 0 Å². The van der Waals surface area contributed by atoms with Gasteiger partial charge in [0.05, 0.1) is 6.61 Å². The molecule has 2 amide bonds. The van der Waals surface area contributed by atoms with Crippen LogP contribution < -0.4 is 5.32 Å². The number of hydrogen-bond acceptors (Lipinski definition) is 3. The van der Waals surface area contributed by atoms with E-state index in [1.165, 1.54) is 11.1 Å². The molecule has 1 fully saturated rings. The molecule has 144 valence electrons. The van der Waals surface area contributed by atoms with Gasteiger partial charge in [0.1, 0.15) is 0 Å². The number of benzene rings is 2. The SMILES string of the molecule is C[C@@H](NC(=O)N1CCN(CCO)CC1)C(c1ccccc1)c1ccccc1. The summed E-state index contributed by atoms with van der Waals surface area (Å²) in [7, 11) is 0. The minimum absolute atomic E-state index is 0.0111. The van der Waals surface area contributed by atoms with Crippen molar-refractivity contribution in [3.05, 3.63) is 71.8 Å². The van der Waals surface area contributed by atoms with Gasteiger partial charge < -0.3 is 15.3 Å². The van der Waals surface area contributed by atoms with Gasteiger partial charge in [0.2, 0.25) is 0 Å². The molecule has 0 radical (unpaired) electrons. The summed E-state index contributed by atoms with van der Waals surface area (Å²) in [5.41, 5.74) is 2.40. The summed E-state index contributed by atoms with van der Waals surface area (Å²) < 4.78 is 0. The summed E-state index contributed by atoms with van der Waals surface area (Å²) in [4.78, 5) is 16.8. The van der Waals surface area contributed by atoms with Crippen molar-refractivity contribution in [3.8, 4) is 0 Å². The highest BCUT2D eigenvalue weighted by molar-refractivity contribution is 5.75. The Morgan fingerprint density at radius 3 is 1.96 bits per heavy atom. The number of rotatable bonds is 6. The summed E-state index contributed by atoms with van der Waals surface area (Å²) in [5.74, 6) is 0.104. The molecule has 0 unspecified atom stereocenters. The monoisotopic (exact) mass is 367 g/mol. The van der Waals surface area contributed by atoms with Crippen molar-refractivity contribution in [2.75, 3.05) is 39.3 Å². The zero-order chi connectivity index (χ0) is 19.1. The van der Waals surface area contributed by atoms with Gasteiger partial charge in [-0.1, -0.05) is 60.7 Å². The van der Waals surface area contributed by atoms with Gasteiger partial charge in [-0.25, -0.2) is 4.79 Å². The molecule has 1 aliphatic heterocycles. The summed E-state index contributed by atoms with van der Waals surface area (Å²) >= 11 is 0. The number of urea groups is 1. The molecule has 0 bridgehead atoms. The van der Waals surface area contributed by atoms with Gasteiger partial charge in [-0.15, -0.1) is 0 Å². The second kappa shape index (κ2) is 9.53. The van der Waals surface area contributed by atoms with Gasteiger partial charge in [-0.3, -0.25) is 4.90 Å². The standard InChI is InChI=1S/C22H29N3O2/c1-18(23-22(27)25-14-12-24(13-15-25)16-17-26)21(19-8-4-2-5-9-19)20-10-6-3-7-11-20/h2-11,18,21,26H,12-17H2,1H3,(H,23,27)/t18-/m1/s1. The molecule has 1 heterocycles. The zero-order valence-electron chi connectivity index (χ0n) is 15.9. The third-order valence-electron chi connectivity index (χ3n) is 5.24. The van der Waals surface area contributed by atoms with E-state index in [1.807, 2.05) is 41.3 Å². The van der Waals surface area contributed by atoms with Crippen molar-refractivity contribution < 1.29 is 9.90 Å².